The van der Waals surface area contributed by atoms with Gasteiger partial charge in [0.2, 0.25) is 11.8 Å². The van der Waals surface area contributed by atoms with Gasteiger partial charge < -0.3 is 15.1 Å². The van der Waals surface area contributed by atoms with Crippen molar-refractivity contribution < 1.29 is 9.59 Å². The molecule has 0 aromatic heterocycles. The predicted molar refractivity (Wildman–Crippen MR) is 95.3 cm³/mol. The van der Waals surface area contributed by atoms with Gasteiger partial charge in [0.25, 0.3) is 0 Å². The van der Waals surface area contributed by atoms with Gasteiger partial charge >= 0.3 is 0 Å². The van der Waals surface area contributed by atoms with Crippen LogP contribution < -0.4 is 5.32 Å². The lowest BCUT2D eigenvalue weighted by atomic mass is 10.1. The predicted octanol–water partition coefficient (Wildman–Crippen LogP) is 2.01. The number of rotatable bonds is 7. The van der Waals surface area contributed by atoms with Crippen LogP contribution in [0.5, 0.6) is 0 Å². The van der Waals surface area contributed by atoms with Gasteiger partial charge in [0.1, 0.15) is 0 Å². The minimum atomic E-state index is -0.227. The maximum atomic E-state index is 12.3. The van der Waals surface area contributed by atoms with E-state index in [9.17, 15) is 9.59 Å². The molecule has 0 spiro atoms. The first kappa shape index (κ1) is 18.5. The van der Waals surface area contributed by atoms with Crippen LogP contribution in [0.3, 0.4) is 0 Å². The van der Waals surface area contributed by atoms with E-state index in [1.165, 1.54) is 5.56 Å². The maximum Gasteiger partial charge on any atom is 0.225 e. The van der Waals surface area contributed by atoms with E-state index in [-0.39, 0.29) is 23.8 Å². The van der Waals surface area contributed by atoms with Crippen LogP contribution in [0.25, 0.3) is 0 Å². The topological polar surface area (TPSA) is 52.7 Å². The highest BCUT2D eigenvalue weighted by Crippen LogP contribution is 2.20. The molecule has 5 heteroatoms. The number of hydrogen-bond donors (Lipinski definition) is 1. The SMILES string of the molecule is CCN(C)Cc1cccc(CNC(=O)[C@@H]2CC(=O)N(C(C)C)C2)c1. The van der Waals surface area contributed by atoms with E-state index in [0.29, 0.717) is 19.5 Å². The Hall–Kier alpha value is -1.88. The standard InChI is InChI=1S/C19H29N3O2/c1-5-21(4)12-16-8-6-7-15(9-16)11-20-19(24)17-10-18(23)22(13-17)14(2)3/h6-9,14,17H,5,10-13H2,1-4H3,(H,20,24)/t17-/m1/s1. The molecule has 0 aliphatic carbocycles. The molecule has 0 bridgehead atoms. The Labute approximate surface area is 145 Å². The molecule has 1 aliphatic rings. The lowest BCUT2D eigenvalue weighted by Gasteiger charge is -2.20. The largest absolute Gasteiger partial charge is 0.352 e. The van der Waals surface area contributed by atoms with Crippen molar-refractivity contribution in [1.82, 2.24) is 15.1 Å². The summed E-state index contributed by atoms with van der Waals surface area (Å²) >= 11 is 0. The zero-order chi connectivity index (χ0) is 17.7. The molecule has 0 saturated carbocycles. The summed E-state index contributed by atoms with van der Waals surface area (Å²) in [5.41, 5.74) is 2.34. The van der Waals surface area contributed by atoms with E-state index >= 15 is 0 Å². The number of amides is 2. The zero-order valence-electron chi connectivity index (χ0n) is 15.2. The van der Waals surface area contributed by atoms with Gasteiger partial charge in [-0.05, 0) is 38.6 Å². The Morgan fingerprint density at radius 2 is 2.08 bits per heavy atom. The van der Waals surface area contributed by atoms with E-state index in [1.807, 2.05) is 26.0 Å². The lowest BCUT2D eigenvalue weighted by Crippen LogP contribution is -2.35. The number of nitrogens with zero attached hydrogens (tertiary/aromatic N) is 2. The summed E-state index contributed by atoms with van der Waals surface area (Å²) in [5, 5.41) is 2.98. The van der Waals surface area contributed by atoms with Crippen LogP contribution >= 0.6 is 0 Å². The third-order valence-electron chi connectivity index (χ3n) is 4.60. The van der Waals surface area contributed by atoms with Gasteiger partial charge in [0.15, 0.2) is 0 Å². The highest BCUT2D eigenvalue weighted by atomic mass is 16.2. The van der Waals surface area contributed by atoms with Crippen molar-refractivity contribution >= 4 is 11.8 Å². The molecule has 0 radical (unpaired) electrons. The minimum absolute atomic E-state index is 0.0254. The molecule has 5 nitrogen and oxygen atoms in total. The van der Waals surface area contributed by atoms with Gasteiger partial charge in [-0.25, -0.2) is 0 Å². The molecule has 1 aromatic carbocycles. The summed E-state index contributed by atoms with van der Waals surface area (Å²) < 4.78 is 0. The van der Waals surface area contributed by atoms with Crippen molar-refractivity contribution in [2.45, 2.75) is 46.3 Å². The third-order valence-corrected chi connectivity index (χ3v) is 4.60. The van der Waals surface area contributed by atoms with Gasteiger partial charge in [-0.1, -0.05) is 31.2 Å². The first-order valence-corrected chi connectivity index (χ1v) is 8.74. The second kappa shape index (κ2) is 8.29. The number of carbonyl (C=O) groups excluding carboxylic acids is 2. The van der Waals surface area contributed by atoms with Crippen LogP contribution in [-0.4, -0.2) is 47.8 Å². The Kier molecular flexibility index (Phi) is 6.37. The van der Waals surface area contributed by atoms with Gasteiger partial charge in [0.05, 0.1) is 5.92 Å². The minimum Gasteiger partial charge on any atom is -0.352 e. The maximum absolute atomic E-state index is 12.3. The summed E-state index contributed by atoms with van der Waals surface area (Å²) in [7, 11) is 2.09. The molecule has 132 valence electrons. The number of benzene rings is 1. The van der Waals surface area contributed by atoms with Crippen LogP contribution in [0.15, 0.2) is 24.3 Å². The lowest BCUT2D eigenvalue weighted by molar-refractivity contribution is -0.129. The molecule has 2 amide bonds. The van der Waals surface area contributed by atoms with Crippen LogP contribution in [0.4, 0.5) is 0 Å². The molecule has 24 heavy (non-hydrogen) atoms. The van der Waals surface area contributed by atoms with Crippen molar-refractivity contribution in [3.63, 3.8) is 0 Å². The van der Waals surface area contributed by atoms with Crippen LogP contribution in [0.1, 0.15) is 38.3 Å². The molecule has 1 aliphatic heterocycles. The number of nitrogens with one attached hydrogen (secondary N) is 1. The van der Waals surface area contributed by atoms with Gasteiger partial charge in [-0.3, -0.25) is 9.59 Å². The molecular weight excluding hydrogens is 302 g/mol. The average molecular weight is 331 g/mol. The van der Waals surface area contributed by atoms with E-state index in [0.717, 1.165) is 18.7 Å². The summed E-state index contributed by atoms with van der Waals surface area (Å²) in [6, 6.07) is 8.44. The molecule has 2 rings (SSSR count). The molecule has 1 N–H and O–H groups in total. The van der Waals surface area contributed by atoms with E-state index in [2.05, 4.69) is 36.3 Å². The fourth-order valence-electron chi connectivity index (χ4n) is 3.00. The highest BCUT2D eigenvalue weighted by Gasteiger charge is 2.35. The van der Waals surface area contributed by atoms with E-state index < -0.39 is 0 Å². The van der Waals surface area contributed by atoms with Crippen molar-refractivity contribution in [2.24, 2.45) is 5.92 Å². The summed E-state index contributed by atoms with van der Waals surface area (Å²) in [6.45, 7) is 9.04. The highest BCUT2D eigenvalue weighted by molar-refractivity contribution is 5.89. The van der Waals surface area contributed by atoms with Crippen molar-refractivity contribution in [3.05, 3.63) is 35.4 Å². The fraction of sp³-hybridized carbons (Fsp3) is 0.579. The smallest absolute Gasteiger partial charge is 0.225 e. The van der Waals surface area contributed by atoms with E-state index in [4.69, 9.17) is 0 Å². The van der Waals surface area contributed by atoms with Crippen LogP contribution in [0, 0.1) is 5.92 Å². The average Bonchev–Trinajstić information content (AvgIpc) is 2.95. The molecular formula is C19H29N3O2. The quantitative estimate of drug-likeness (QED) is 0.831. The van der Waals surface area contributed by atoms with Crippen LogP contribution in [-0.2, 0) is 22.7 Å². The zero-order valence-corrected chi connectivity index (χ0v) is 15.2. The van der Waals surface area contributed by atoms with Crippen molar-refractivity contribution in [2.75, 3.05) is 20.1 Å². The Balaban J connectivity index is 1.88. The van der Waals surface area contributed by atoms with Crippen molar-refractivity contribution in [3.8, 4) is 0 Å². The van der Waals surface area contributed by atoms with Crippen molar-refractivity contribution in [1.29, 1.82) is 0 Å². The number of likely N-dealkylation sites (tertiary alicyclic amines) is 1. The second-order valence-corrected chi connectivity index (χ2v) is 6.91. The number of hydrogen-bond acceptors (Lipinski definition) is 3. The molecule has 1 saturated heterocycles. The summed E-state index contributed by atoms with van der Waals surface area (Å²) in [6.07, 6.45) is 0.325. The molecule has 1 atom stereocenters. The molecule has 0 unspecified atom stereocenters. The Morgan fingerprint density at radius 1 is 1.38 bits per heavy atom. The monoisotopic (exact) mass is 331 g/mol. The Morgan fingerprint density at radius 3 is 2.71 bits per heavy atom. The van der Waals surface area contributed by atoms with Gasteiger partial charge in [-0.2, -0.15) is 0 Å². The first-order chi connectivity index (χ1) is 11.4. The second-order valence-electron chi connectivity index (χ2n) is 6.91. The molecule has 1 fully saturated rings. The summed E-state index contributed by atoms with van der Waals surface area (Å²) in [4.78, 5) is 28.3. The van der Waals surface area contributed by atoms with Gasteiger partial charge in [-0.15, -0.1) is 0 Å². The third kappa shape index (κ3) is 4.81. The van der Waals surface area contributed by atoms with E-state index in [1.54, 1.807) is 4.90 Å². The first-order valence-electron chi connectivity index (χ1n) is 8.74. The molecule has 1 heterocycles. The van der Waals surface area contributed by atoms with Gasteiger partial charge in [0, 0.05) is 32.1 Å². The van der Waals surface area contributed by atoms with Crippen LogP contribution in [0.2, 0.25) is 0 Å². The number of carbonyl (C=O) groups is 2. The normalized spacial score (nSPS) is 17.8. The molecule has 1 aromatic rings. The fourth-order valence-corrected chi connectivity index (χ4v) is 3.00. The Bertz CT molecular complexity index is 586. The summed E-state index contributed by atoms with van der Waals surface area (Å²) in [5.74, 6) is -0.174.